The summed E-state index contributed by atoms with van der Waals surface area (Å²) in [5, 5.41) is 5.18. The highest BCUT2D eigenvalue weighted by Crippen LogP contribution is 2.55. The van der Waals surface area contributed by atoms with Gasteiger partial charge in [0.15, 0.2) is 15.7 Å². The van der Waals surface area contributed by atoms with Crippen molar-refractivity contribution in [1.29, 1.82) is 0 Å². The van der Waals surface area contributed by atoms with E-state index in [9.17, 15) is 22.0 Å². The number of urea groups is 1. The zero-order valence-corrected chi connectivity index (χ0v) is 22.7. The third-order valence-electron chi connectivity index (χ3n) is 7.05. The number of hydrogen-bond acceptors (Lipinski definition) is 8. The van der Waals surface area contributed by atoms with Crippen LogP contribution in [0.25, 0.3) is 11.4 Å². The quantitative estimate of drug-likeness (QED) is 0.412. The zero-order chi connectivity index (χ0) is 28.5. The highest BCUT2D eigenvalue weighted by Gasteiger charge is 2.58. The molecule has 212 valence electrons. The molecule has 40 heavy (non-hydrogen) atoms. The van der Waals surface area contributed by atoms with Gasteiger partial charge >= 0.3 is 12.6 Å². The van der Waals surface area contributed by atoms with Crippen molar-refractivity contribution >= 4 is 27.4 Å². The van der Waals surface area contributed by atoms with Crippen molar-refractivity contribution in [1.82, 2.24) is 15.3 Å². The van der Waals surface area contributed by atoms with E-state index in [0.29, 0.717) is 61.2 Å². The summed E-state index contributed by atoms with van der Waals surface area (Å²) in [6, 6.07) is 13.3. The lowest BCUT2D eigenvalue weighted by Gasteiger charge is -2.34. The second kappa shape index (κ2) is 11.0. The van der Waals surface area contributed by atoms with Gasteiger partial charge < -0.3 is 25.0 Å². The number of rotatable bonds is 8. The Labute approximate surface area is 230 Å². The number of sulfone groups is 1. The second-order valence-corrected chi connectivity index (χ2v) is 11.9. The van der Waals surface area contributed by atoms with Gasteiger partial charge in [0, 0.05) is 30.9 Å². The van der Waals surface area contributed by atoms with Crippen LogP contribution in [-0.4, -0.2) is 63.9 Å². The van der Waals surface area contributed by atoms with Crippen molar-refractivity contribution < 1.29 is 31.5 Å². The van der Waals surface area contributed by atoms with E-state index in [2.05, 4.69) is 20.3 Å². The van der Waals surface area contributed by atoms with Crippen molar-refractivity contribution in [2.45, 2.75) is 42.1 Å². The number of aromatic nitrogens is 2. The monoisotopic (exact) mass is 573 g/mol. The molecule has 1 aromatic heterocycles. The number of nitrogens with zero attached hydrogens (tertiary/aromatic N) is 3. The predicted octanol–water partition coefficient (Wildman–Crippen LogP) is 4.18. The fourth-order valence-electron chi connectivity index (χ4n) is 4.71. The molecule has 1 saturated heterocycles. The number of amides is 2. The Morgan fingerprint density at radius 1 is 1.12 bits per heavy atom. The molecule has 0 radical (unpaired) electrons. The van der Waals surface area contributed by atoms with Crippen molar-refractivity contribution in [2.75, 3.05) is 37.0 Å². The molecule has 2 heterocycles. The van der Waals surface area contributed by atoms with Crippen LogP contribution in [0.4, 0.5) is 25.1 Å². The van der Waals surface area contributed by atoms with Gasteiger partial charge in [0.25, 0.3) is 0 Å². The zero-order valence-electron chi connectivity index (χ0n) is 21.9. The normalized spacial score (nSPS) is 18.3. The molecule has 1 aliphatic heterocycles. The standard InChI is InChI=1S/C27H29F2N5O5S/c1-17-16-38-14-13-34(17)23-15-22(32-24(33-23)18-3-5-19(6-4-18)31-26(35)30-2)27(11-12-27)40(36,37)21-9-7-20(8-10-21)39-25(28)29/h3-10,15,17,25H,11-14,16H2,1-2H3,(H2,30,31,35)/t17-/m0/s1. The number of morpholine rings is 1. The van der Waals surface area contributed by atoms with E-state index in [1.54, 1.807) is 30.3 Å². The summed E-state index contributed by atoms with van der Waals surface area (Å²) < 4.78 is 61.6. The molecule has 2 aromatic carbocycles. The Bertz CT molecular complexity index is 1480. The Morgan fingerprint density at radius 2 is 1.82 bits per heavy atom. The maximum Gasteiger partial charge on any atom is 0.387 e. The van der Waals surface area contributed by atoms with Gasteiger partial charge in [-0.15, -0.1) is 0 Å². The first-order valence-corrected chi connectivity index (χ1v) is 14.2. The summed E-state index contributed by atoms with van der Waals surface area (Å²) in [5.41, 5.74) is 1.58. The first-order valence-electron chi connectivity index (χ1n) is 12.8. The van der Waals surface area contributed by atoms with Crippen LogP contribution in [0, 0.1) is 0 Å². The SMILES string of the molecule is CNC(=O)Nc1ccc(-c2nc(N3CCOC[C@@H]3C)cc(C3(S(=O)(=O)c4ccc(OC(F)F)cc4)CC3)n2)cc1. The Morgan fingerprint density at radius 3 is 2.42 bits per heavy atom. The summed E-state index contributed by atoms with van der Waals surface area (Å²) in [4.78, 5) is 23.3. The molecule has 13 heteroatoms. The molecule has 2 N–H and O–H groups in total. The van der Waals surface area contributed by atoms with Crippen LogP contribution in [-0.2, 0) is 19.3 Å². The van der Waals surface area contributed by atoms with Crippen molar-refractivity contribution in [3.05, 3.63) is 60.3 Å². The topological polar surface area (TPSA) is 123 Å². The third-order valence-corrected chi connectivity index (χ3v) is 9.59. The first-order chi connectivity index (χ1) is 19.1. The number of carbonyl (C=O) groups is 1. The molecule has 3 aromatic rings. The van der Waals surface area contributed by atoms with Gasteiger partial charge in [-0.1, -0.05) is 0 Å². The molecular weight excluding hydrogens is 544 g/mol. The Kier molecular flexibility index (Phi) is 7.60. The average Bonchev–Trinajstić information content (AvgIpc) is 3.76. The minimum Gasteiger partial charge on any atom is -0.435 e. The number of carbonyl (C=O) groups excluding carboxylic acids is 1. The van der Waals surface area contributed by atoms with Crippen molar-refractivity contribution in [3.63, 3.8) is 0 Å². The summed E-state index contributed by atoms with van der Waals surface area (Å²) in [6.45, 7) is 0.593. The lowest BCUT2D eigenvalue weighted by atomic mass is 10.1. The molecule has 0 spiro atoms. The molecular formula is C27H29F2N5O5S. The molecule has 2 aliphatic rings. The van der Waals surface area contributed by atoms with Gasteiger partial charge in [-0.2, -0.15) is 8.78 Å². The Balaban J connectivity index is 1.55. The molecule has 5 rings (SSSR count). The number of alkyl halides is 2. The van der Waals surface area contributed by atoms with Crippen LogP contribution in [0.2, 0.25) is 0 Å². The smallest absolute Gasteiger partial charge is 0.387 e. The van der Waals surface area contributed by atoms with Crippen LogP contribution < -0.4 is 20.3 Å². The van der Waals surface area contributed by atoms with Gasteiger partial charge in [0.2, 0.25) is 0 Å². The molecule has 10 nitrogen and oxygen atoms in total. The number of hydrogen-bond donors (Lipinski definition) is 2. The maximum absolute atomic E-state index is 13.9. The largest absolute Gasteiger partial charge is 0.435 e. The number of benzene rings is 2. The van der Waals surface area contributed by atoms with E-state index in [1.807, 2.05) is 6.92 Å². The lowest BCUT2D eigenvalue weighted by Crippen LogP contribution is -2.44. The molecule has 0 bridgehead atoms. The minimum atomic E-state index is -3.94. The molecule has 0 unspecified atom stereocenters. The van der Waals surface area contributed by atoms with Gasteiger partial charge in [0.05, 0.1) is 29.8 Å². The number of nitrogens with one attached hydrogen (secondary N) is 2. The van der Waals surface area contributed by atoms with Gasteiger partial charge in [-0.25, -0.2) is 23.2 Å². The predicted molar refractivity (Wildman–Crippen MR) is 144 cm³/mol. The highest BCUT2D eigenvalue weighted by molar-refractivity contribution is 7.92. The summed E-state index contributed by atoms with van der Waals surface area (Å²) in [5.74, 6) is 0.812. The fraction of sp³-hybridized carbons (Fsp3) is 0.370. The van der Waals surface area contributed by atoms with Gasteiger partial charge in [-0.05, 0) is 68.3 Å². The van der Waals surface area contributed by atoms with Crippen molar-refractivity contribution in [3.8, 4) is 17.1 Å². The van der Waals surface area contributed by atoms with E-state index in [-0.39, 0.29) is 22.7 Å². The fourth-order valence-corrected chi connectivity index (χ4v) is 6.67. The van der Waals surface area contributed by atoms with E-state index < -0.39 is 21.2 Å². The molecule has 1 saturated carbocycles. The number of anilines is 2. The second-order valence-electron chi connectivity index (χ2n) is 9.68. The molecule has 2 amide bonds. The van der Waals surface area contributed by atoms with E-state index >= 15 is 0 Å². The van der Waals surface area contributed by atoms with Gasteiger partial charge in [-0.3, -0.25) is 0 Å². The summed E-state index contributed by atoms with van der Waals surface area (Å²) in [7, 11) is -2.42. The van der Waals surface area contributed by atoms with Gasteiger partial charge in [0.1, 0.15) is 16.3 Å². The number of halogens is 2. The average molecular weight is 574 g/mol. The van der Waals surface area contributed by atoms with Crippen LogP contribution in [0.3, 0.4) is 0 Å². The van der Waals surface area contributed by atoms with Crippen LogP contribution in [0.15, 0.2) is 59.5 Å². The molecule has 1 atom stereocenters. The van der Waals surface area contributed by atoms with Crippen LogP contribution in [0.5, 0.6) is 5.75 Å². The van der Waals surface area contributed by atoms with Crippen LogP contribution in [0.1, 0.15) is 25.5 Å². The lowest BCUT2D eigenvalue weighted by molar-refractivity contribution is -0.0498. The summed E-state index contributed by atoms with van der Waals surface area (Å²) in [6.07, 6.45) is 0.711. The highest BCUT2D eigenvalue weighted by atomic mass is 32.2. The summed E-state index contributed by atoms with van der Waals surface area (Å²) >= 11 is 0. The third kappa shape index (κ3) is 5.43. The van der Waals surface area contributed by atoms with E-state index in [4.69, 9.17) is 14.7 Å². The minimum absolute atomic E-state index is 0.00213. The Hall–Kier alpha value is -3.84. The maximum atomic E-state index is 13.9. The van der Waals surface area contributed by atoms with Crippen LogP contribution >= 0.6 is 0 Å². The number of ether oxygens (including phenoxy) is 2. The van der Waals surface area contributed by atoms with Crippen molar-refractivity contribution in [2.24, 2.45) is 0 Å². The first kappa shape index (κ1) is 27.7. The molecule has 2 fully saturated rings. The van der Waals surface area contributed by atoms with E-state index in [0.717, 1.165) is 0 Å². The molecule has 1 aliphatic carbocycles. The van der Waals surface area contributed by atoms with E-state index in [1.165, 1.54) is 31.3 Å².